The van der Waals surface area contributed by atoms with Crippen molar-refractivity contribution >= 4 is 0 Å². The molecule has 0 aliphatic rings. The third kappa shape index (κ3) is 1.09. The molecular formula is C7H9N5. The molecule has 0 atom stereocenters. The third-order valence-corrected chi connectivity index (χ3v) is 1.54. The molecule has 0 aliphatic carbocycles. The molecule has 0 amide bonds. The molecule has 0 saturated carbocycles. The molecule has 0 aliphatic heterocycles. The van der Waals surface area contributed by atoms with Crippen LogP contribution in [-0.4, -0.2) is 24.5 Å². The Balaban J connectivity index is 2.43. The predicted octanol–water partition coefficient (Wildman–Crippen LogP) is 0.216. The topological polar surface area (TPSA) is 48.5 Å². The number of nitrogens with zero attached hydrogens (tertiary/aromatic N) is 5. The van der Waals surface area contributed by atoms with Gasteiger partial charge in [-0.25, -0.2) is 4.98 Å². The van der Waals surface area contributed by atoms with Gasteiger partial charge in [0.05, 0.1) is 0 Å². The van der Waals surface area contributed by atoms with E-state index in [4.69, 9.17) is 0 Å². The van der Waals surface area contributed by atoms with Crippen LogP contribution < -0.4 is 0 Å². The Morgan fingerprint density at radius 1 is 1.17 bits per heavy atom. The van der Waals surface area contributed by atoms with E-state index in [0.29, 0.717) is 5.82 Å². The Morgan fingerprint density at radius 2 is 2.00 bits per heavy atom. The molecule has 5 heteroatoms. The van der Waals surface area contributed by atoms with Crippen molar-refractivity contribution in [2.75, 3.05) is 0 Å². The fraction of sp³-hybridized carbons (Fsp3) is 0.286. The monoisotopic (exact) mass is 163 g/mol. The molecule has 0 fully saturated rings. The standard InChI is InChI=1S/C7H9N5/c1-11-4-3-6(9-11)7-8-5-12(2)10-7/h3-5H,1-2H3. The van der Waals surface area contributed by atoms with Crippen LogP contribution in [0.4, 0.5) is 0 Å². The molecule has 5 nitrogen and oxygen atoms in total. The van der Waals surface area contributed by atoms with Crippen LogP contribution in [0.1, 0.15) is 0 Å². The number of hydrogen-bond donors (Lipinski definition) is 0. The SMILES string of the molecule is Cn1ccc(-c2ncn(C)n2)n1. The van der Waals surface area contributed by atoms with Gasteiger partial charge in [-0.1, -0.05) is 0 Å². The van der Waals surface area contributed by atoms with Gasteiger partial charge < -0.3 is 0 Å². The highest BCUT2D eigenvalue weighted by Gasteiger charge is 2.04. The van der Waals surface area contributed by atoms with Crippen molar-refractivity contribution in [3.63, 3.8) is 0 Å². The second-order valence-corrected chi connectivity index (χ2v) is 2.62. The maximum atomic E-state index is 4.17. The zero-order chi connectivity index (χ0) is 8.55. The molecular weight excluding hydrogens is 154 g/mol. The maximum absolute atomic E-state index is 4.17. The molecule has 0 bridgehead atoms. The Kier molecular flexibility index (Phi) is 1.43. The van der Waals surface area contributed by atoms with Crippen LogP contribution in [0.15, 0.2) is 18.6 Å². The van der Waals surface area contributed by atoms with Crippen molar-refractivity contribution < 1.29 is 0 Å². The van der Waals surface area contributed by atoms with Gasteiger partial charge in [0.25, 0.3) is 0 Å². The fourth-order valence-corrected chi connectivity index (χ4v) is 0.991. The minimum absolute atomic E-state index is 0.665. The largest absolute Gasteiger partial charge is 0.275 e. The zero-order valence-electron chi connectivity index (χ0n) is 6.97. The Hall–Kier alpha value is -1.65. The van der Waals surface area contributed by atoms with E-state index in [9.17, 15) is 0 Å². The number of hydrogen-bond acceptors (Lipinski definition) is 3. The molecule has 0 unspecified atom stereocenters. The number of aryl methyl sites for hydroxylation is 2. The molecule has 0 spiro atoms. The summed E-state index contributed by atoms with van der Waals surface area (Å²) in [6.45, 7) is 0. The summed E-state index contributed by atoms with van der Waals surface area (Å²) in [5.41, 5.74) is 0.804. The second-order valence-electron chi connectivity index (χ2n) is 2.62. The van der Waals surface area contributed by atoms with Crippen molar-refractivity contribution in [1.29, 1.82) is 0 Å². The van der Waals surface area contributed by atoms with Crippen molar-refractivity contribution in [3.05, 3.63) is 18.6 Å². The fourth-order valence-electron chi connectivity index (χ4n) is 0.991. The molecule has 62 valence electrons. The molecule has 0 radical (unpaired) electrons. The van der Waals surface area contributed by atoms with Gasteiger partial charge in [0.15, 0.2) is 0 Å². The van der Waals surface area contributed by atoms with Gasteiger partial charge in [0, 0.05) is 20.3 Å². The van der Waals surface area contributed by atoms with Crippen LogP contribution in [0.2, 0.25) is 0 Å². The van der Waals surface area contributed by atoms with Crippen molar-refractivity contribution in [1.82, 2.24) is 24.5 Å². The highest BCUT2D eigenvalue weighted by Crippen LogP contribution is 2.08. The average molecular weight is 163 g/mol. The first kappa shape index (κ1) is 7.02. The summed E-state index contributed by atoms with van der Waals surface area (Å²) in [5.74, 6) is 0.665. The zero-order valence-corrected chi connectivity index (χ0v) is 6.97. The van der Waals surface area contributed by atoms with Crippen molar-refractivity contribution in [2.24, 2.45) is 14.1 Å². The summed E-state index contributed by atoms with van der Waals surface area (Å²) in [7, 11) is 3.70. The van der Waals surface area contributed by atoms with Crippen molar-refractivity contribution in [3.8, 4) is 11.5 Å². The van der Waals surface area contributed by atoms with Crippen molar-refractivity contribution in [2.45, 2.75) is 0 Å². The molecule has 0 N–H and O–H groups in total. The molecule has 0 aromatic carbocycles. The van der Waals surface area contributed by atoms with Crippen LogP contribution in [0.3, 0.4) is 0 Å². The molecule has 2 rings (SSSR count). The van der Waals surface area contributed by atoms with Gasteiger partial charge >= 0.3 is 0 Å². The lowest BCUT2D eigenvalue weighted by atomic mass is 10.4. The normalized spacial score (nSPS) is 10.5. The van der Waals surface area contributed by atoms with E-state index < -0.39 is 0 Å². The molecule has 2 aromatic rings. The predicted molar refractivity (Wildman–Crippen MR) is 43.2 cm³/mol. The lowest BCUT2D eigenvalue weighted by molar-refractivity contribution is 0.755. The lowest BCUT2D eigenvalue weighted by Crippen LogP contribution is -1.90. The van der Waals surface area contributed by atoms with Gasteiger partial charge in [0.1, 0.15) is 12.0 Å². The molecule has 2 aromatic heterocycles. The first-order valence-corrected chi connectivity index (χ1v) is 3.61. The van der Waals surface area contributed by atoms with E-state index in [1.54, 1.807) is 15.7 Å². The first-order chi connectivity index (χ1) is 5.75. The Labute approximate surface area is 69.7 Å². The smallest absolute Gasteiger partial charge is 0.201 e. The van der Waals surface area contributed by atoms with E-state index in [2.05, 4.69) is 15.2 Å². The summed E-state index contributed by atoms with van der Waals surface area (Å²) in [4.78, 5) is 4.08. The van der Waals surface area contributed by atoms with Crippen LogP contribution in [-0.2, 0) is 14.1 Å². The minimum Gasteiger partial charge on any atom is -0.275 e. The second kappa shape index (κ2) is 2.44. The van der Waals surface area contributed by atoms with Gasteiger partial charge in [-0.2, -0.15) is 5.10 Å². The van der Waals surface area contributed by atoms with Gasteiger partial charge in [-0.05, 0) is 6.07 Å². The Morgan fingerprint density at radius 3 is 2.50 bits per heavy atom. The lowest BCUT2D eigenvalue weighted by Gasteiger charge is -1.86. The maximum Gasteiger partial charge on any atom is 0.201 e. The van der Waals surface area contributed by atoms with Crippen LogP contribution in [0.5, 0.6) is 0 Å². The highest BCUT2D eigenvalue weighted by molar-refractivity contribution is 5.46. The summed E-state index contributed by atoms with van der Waals surface area (Å²) in [6.07, 6.45) is 3.52. The molecule has 2 heterocycles. The summed E-state index contributed by atoms with van der Waals surface area (Å²) in [6, 6.07) is 1.88. The van der Waals surface area contributed by atoms with E-state index in [1.807, 2.05) is 26.4 Å². The number of rotatable bonds is 1. The third-order valence-electron chi connectivity index (χ3n) is 1.54. The molecule has 0 saturated heterocycles. The van der Waals surface area contributed by atoms with E-state index in [0.717, 1.165) is 5.69 Å². The van der Waals surface area contributed by atoms with Gasteiger partial charge in [-0.15, -0.1) is 5.10 Å². The molecule has 12 heavy (non-hydrogen) atoms. The van der Waals surface area contributed by atoms with Gasteiger partial charge in [0.2, 0.25) is 5.82 Å². The van der Waals surface area contributed by atoms with Crippen LogP contribution in [0.25, 0.3) is 11.5 Å². The summed E-state index contributed by atoms with van der Waals surface area (Å²) < 4.78 is 3.38. The van der Waals surface area contributed by atoms with Gasteiger partial charge in [-0.3, -0.25) is 9.36 Å². The number of aromatic nitrogens is 5. The Bertz CT molecular complexity index is 348. The summed E-state index contributed by atoms with van der Waals surface area (Å²) >= 11 is 0. The first-order valence-electron chi connectivity index (χ1n) is 3.61. The highest BCUT2D eigenvalue weighted by atomic mass is 15.3. The quantitative estimate of drug-likeness (QED) is 0.604. The van der Waals surface area contributed by atoms with E-state index >= 15 is 0 Å². The van der Waals surface area contributed by atoms with E-state index in [1.165, 1.54) is 0 Å². The van der Waals surface area contributed by atoms with E-state index in [-0.39, 0.29) is 0 Å². The van der Waals surface area contributed by atoms with Crippen LogP contribution in [0, 0.1) is 0 Å². The minimum atomic E-state index is 0.665. The average Bonchev–Trinajstić information content (AvgIpc) is 2.58. The van der Waals surface area contributed by atoms with Crippen LogP contribution >= 0.6 is 0 Å². The summed E-state index contributed by atoms with van der Waals surface area (Å²) in [5, 5.41) is 8.30.